The van der Waals surface area contributed by atoms with Gasteiger partial charge >= 0.3 is 0 Å². The van der Waals surface area contributed by atoms with Gasteiger partial charge in [0.2, 0.25) is 0 Å². The summed E-state index contributed by atoms with van der Waals surface area (Å²) in [5.74, 6) is 0. The lowest BCUT2D eigenvalue weighted by atomic mass is 10.1. The second-order valence-corrected chi connectivity index (χ2v) is 10.2. The molecule has 6 aromatic carbocycles. The van der Waals surface area contributed by atoms with Crippen LogP contribution in [0.4, 0.5) is 17.1 Å². The van der Waals surface area contributed by atoms with Gasteiger partial charge in [-0.2, -0.15) is 0 Å². The molecule has 0 aliphatic heterocycles. The number of rotatable bonds is 6. The Hall–Kier alpha value is -5.08. The monoisotopic (exact) mass is 514 g/mol. The Morgan fingerprint density at radius 3 is 1.95 bits per heavy atom. The molecule has 0 saturated carbocycles. The summed E-state index contributed by atoms with van der Waals surface area (Å²) in [6.07, 6.45) is 4.41. The summed E-state index contributed by atoms with van der Waals surface area (Å²) in [4.78, 5) is 2.32. The lowest BCUT2D eigenvalue weighted by Gasteiger charge is -2.26. The topological polar surface area (TPSA) is 8.17 Å². The smallest absolute Gasteiger partial charge is 0.0491 e. The summed E-state index contributed by atoms with van der Waals surface area (Å²) in [6, 6.07) is 50.0. The fourth-order valence-corrected chi connectivity index (χ4v) is 5.78. The van der Waals surface area contributed by atoms with Gasteiger partial charge in [0.05, 0.1) is 0 Å². The Morgan fingerprint density at radius 2 is 1.12 bits per heavy atom. The number of hydrogen-bond acceptors (Lipinski definition) is 1. The third-order valence-electron chi connectivity index (χ3n) is 7.74. The number of aromatic nitrogens is 1. The molecule has 0 saturated heterocycles. The van der Waals surface area contributed by atoms with Crippen molar-refractivity contribution in [1.29, 1.82) is 0 Å². The molecule has 0 unspecified atom stereocenters. The standard InChI is InChI=1S/C38H30N2/c1-2-39-37-15-9-8-14-35(37)36-26-29(20-25-38(36)39)17-16-28-18-22-33(23-19-28)40(32-12-4-3-5-13-32)34-24-21-30-10-6-7-11-31(30)27-34/h3-27H,2H2,1H3/b17-16+. The number of benzene rings is 6. The van der Waals surface area contributed by atoms with E-state index in [1.807, 2.05) is 0 Å². The van der Waals surface area contributed by atoms with Gasteiger partial charge < -0.3 is 9.47 Å². The fraction of sp³-hybridized carbons (Fsp3) is 0.0526. The molecule has 0 N–H and O–H groups in total. The quantitative estimate of drug-likeness (QED) is 0.200. The molecule has 2 nitrogen and oxygen atoms in total. The van der Waals surface area contributed by atoms with Crippen LogP contribution in [0.15, 0.2) is 140 Å². The molecule has 0 amide bonds. The van der Waals surface area contributed by atoms with Gasteiger partial charge in [0.15, 0.2) is 0 Å². The van der Waals surface area contributed by atoms with Crippen LogP contribution in [0.25, 0.3) is 44.7 Å². The van der Waals surface area contributed by atoms with Gasteiger partial charge in [0.1, 0.15) is 0 Å². The summed E-state index contributed by atoms with van der Waals surface area (Å²) in [7, 11) is 0. The van der Waals surface area contributed by atoms with Crippen LogP contribution in [-0.4, -0.2) is 4.57 Å². The first-order chi connectivity index (χ1) is 19.8. The zero-order valence-corrected chi connectivity index (χ0v) is 22.5. The molecule has 0 aliphatic carbocycles. The largest absolute Gasteiger partial charge is 0.341 e. The number of aryl methyl sites for hydroxylation is 1. The van der Waals surface area contributed by atoms with Crippen molar-refractivity contribution in [2.24, 2.45) is 0 Å². The van der Waals surface area contributed by atoms with E-state index in [2.05, 4.69) is 168 Å². The minimum atomic E-state index is 0.963. The molecular formula is C38H30N2. The average molecular weight is 515 g/mol. The molecule has 0 spiro atoms. The van der Waals surface area contributed by atoms with Gasteiger partial charge in [-0.15, -0.1) is 0 Å². The van der Waals surface area contributed by atoms with Crippen molar-refractivity contribution in [3.05, 3.63) is 151 Å². The van der Waals surface area contributed by atoms with Crippen molar-refractivity contribution >= 4 is 61.8 Å². The zero-order valence-electron chi connectivity index (χ0n) is 22.5. The van der Waals surface area contributed by atoms with Crippen LogP contribution in [0.3, 0.4) is 0 Å². The molecule has 2 heteroatoms. The lowest BCUT2D eigenvalue weighted by molar-refractivity contribution is 0.827. The van der Waals surface area contributed by atoms with Gasteiger partial charge in [-0.1, -0.05) is 97.1 Å². The number of nitrogens with zero attached hydrogens (tertiary/aromatic N) is 2. The van der Waals surface area contributed by atoms with Crippen molar-refractivity contribution < 1.29 is 0 Å². The van der Waals surface area contributed by atoms with Crippen molar-refractivity contribution in [1.82, 2.24) is 4.57 Å². The number of fused-ring (bicyclic) bond motifs is 4. The average Bonchev–Trinajstić information content (AvgIpc) is 3.34. The van der Waals surface area contributed by atoms with E-state index in [1.54, 1.807) is 0 Å². The van der Waals surface area contributed by atoms with E-state index < -0.39 is 0 Å². The Kier molecular flexibility index (Phi) is 6.14. The first-order valence-electron chi connectivity index (χ1n) is 13.9. The molecule has 1 aromatic heterocycles. The van der Waals surface area contributed by atoms with Crippen molar-refractivity contribution in [2.45, 2.75) is 13.5 Å². The second kappa shape index (κ2) is 10.2. The SMILES string of the molecule is CCn1c2ccccc2c2cc(/C=C/c3ccc(N(c4ccccc4)c4ccc5ccccc5c4)cc3)ccc21. The van der Waals surface area contributed by atoms with Crippen LogP contribution in [0.1, 0.15) is 18.1 Å². The highest BCUT2D eigenvalue weighted by molar-refractivity contribution is 6.08. The van der Waals surface area contributed by atoms with Crippen LogP contribution in [0, 0.1) is 0 Å². The maximum atomic E-state index is 2.39. The van der Waals surface area contributed by atoms with E-state index in [0.29, 0.717) is 0 Å². The lowest BCUT2D eigenvalue weighted by Crippen LogP contribution is -2.09. The van der Waals surface area contributed by atoms with Crippen LogP contribution in [0.5, 0.6) is 0 Å². The highest BCUT2D eigenvalue weighted by Crippen LogP contribution is 2.36. The summed E-state index contributed by atoms with van der Waals surface area (Å²) in [5.41, 5.74) is 8.38. The summed E-state index contributed by atoms with van der Waals surface area (Å²) in [6.45, 7) is 3.17. The van der Waals surface area contributed by atoms with Gasteiger partial charge in [-0.05, 0) is 83.4 Å². The molecule has 0 fully saturated rings. The first-order valence-corrected chi connectivity index (χ1v) is 13.9. The molecule has 0 aliphatic rings. The van der Waals surface area contributed by atoms with E-state index in [0.717, 1.165) is 23.6 Å². The van der Waals surface area contributed by atoms with Gasteiger partial charge in [0, 0.05) is 45.4 Å². The summed E-state index contributed by atoms with van der Waals surface area (Å²) in [5, 5.41) is 5.11. The molecule has 0 atom stereocenters. The van der Waals surface area contributed by atoms with Crippen molar-refractivity contribution in [2.75, 3.05) is 4.90 Å². The maximum absolute atomic E-state index is 2.39. The van der Waals surface area contributed by atoms with E-state index in [1.165, 1.54) is 43.7 Å². The van der Waals surface area contributed by atoms with Crippen molar-refractivity contribution in [3.63, 3.8) is 0 Å². The molecule has 7 rings (SSSR count). The van der Waals surface area contributed by atoms with Gasteiger partial charge in [0.25, 0.3) is 0 Å². The predicted octanol–water partition coefficient (Wildman–Crippen LogP) is 10.6. The van der Waals surface area contributed by atoms with Gasteiger partial charge in [-0.3, -0.25) is 0 Å². The van der Waals surface area contributed by atoms with E-state index in [4.69, 9.17) is 0 Å². The zero-order chi connectivity index (χ0) is 26.9. The molecule has 40 heavy (non-hydrogen) atoms. The molecule has 7 aromatic rings. The van der Waals surface area contributed by atoms with Crippen LogP contribution < -0.4 is 4.90 Å². The molecule has 0 bridgehead atoms. The van der Waals surface area contributed by atoms with Gasteiger partial charge in [-0.25, -0.2) is 0 Å². The Bertz CT molecular complexity index is 1980. The summed E-state index contributed by atoms with van der Waals surface area (Å²) >= 11 is 0. The van der Waals surface area contributed by atoms with E-state index >= 15 is 0 Å². The van der Waals surface area contributed by atoms with Crippen LogP contribution >= 0.6 is 0 Å². The molecule has 1 heterocycles. The molecule has 0 radical (unpaired) electrons. The second-order valence-electron chi connectivity index (χ2n) is 10.2. The number of anilines is 3. The highest BCUT2D eigenvalue weighted by Gasteiger charge is 2.13. The maximum Gasteiger partial charge on any atom is 0.0491 e. The third-order valence-corrected chi connectivity index (χ3v) is 7.74. The Labute approximate surface area is 235 Å². The number of para-hydroxylation sites is 2. The first kappa shape index (κ1) is 24.0. The van der Waals surface area contributed by atoms with Crippen LogP contribution in [0.2, 0.25) is 0 Å². The van der Waals surface area contributed by atoms with Crippen molar-refractivity contribution in [3.8, 4) is 0 Å². The normalized spacial score (nSPS) is 11.6. The minimum Gasteiger partial charge on any atom is -0.341 e. The molecule has 192 valence electrons. The highest BCUT2D eigenvalue weighted by atomic mass is 15.1. The number of hydrogen-bond donors (Lipinski definition) is 0. The Morgan fingerprint density at radius 1 is 0.500 bits per heavy atom. The third kappa shape index (κ3) is 4.34. The Balaban J connectivity index is 1.21. The summed E-state index contributed by atoms with van der Waals surface area (Å²) < 4.78 is 2.39. The van der Waals surface area contributed by atoms with E-state index in [-0.39, 0.29) is 0 Å². The van der Waals surface area contributed by atoms with Crippen LogP contribution in [-0.2, 0) is 6.54 Å². The fourth-order valence-electron chi connectivity index (χ4n) is 5.78. The minimum absolute atomic E-state index is 0.963. The van der Waals surface area contributed by atoms with E-state index in [9.17, 15) is 0 Å². The molecular weight excluding hydrogens is 484 g/mol. The predicted molar refractivity (Wildman–Crippen MR) is 173 cm³/mol.